The van der Waals surface area contributed by atoms with Crippen LogP contribution in [0, 0.1) is 11.3 Å². The number of rotatable bonds is 3. The number of carbonyl (C=O) groups excluding carboxylic acids is 1. The molecule has 3 nitrogen and oxygen atoms in total. The van der Waals surface area contributed by atoms with E-state index in [0.29, 0.717) is 11.1 Å². The third-order valence-corrected chi connectivity index (χ3v) is 2.02. The summed E-state index contributed by atoms with van der Waals surface area (Å²) in [6, 6.07) is 10.8. The van der Waals surface area contributed by atoms with Crippen LogP contribution in [0.2, 0.25) is 0 Å². The third-order valence-electron chi connectivity index (χ3n) is 2.02. The molecular weight excluding hydrogens is 202 g/mol. The van der Waals surface area contributed by atoms with Crippen molar-refractivity contribution in [2.24, 2.45) is 0 Å². The van der Waals surface area contributed by atoms with E-state index in [1.54, 1.807) is 31.2 Å². The van der Waals surface area contributed by atoms with Gasteiger partial charge in [-0.3, -0.25) is 0 Å². The summed E-state index contributed by atoms with van der Waals surface area (Å²) in [4.78, 5) is 11.6. The fraction of sp³-hybridized carbons (Fsp3) is 0.231. The highest BCUT2D eigenvalue weighted by Crippen LogP contribution is 2.18. The zero-order valence-corrected chi connectivity index (χ0v) is 9.06. The molecule has 0 saturated heterocycles. The highest BCUT2D eigenvalue weighted by atomic mass is 16.5. The summed E-state index contributed by atoms with van der Waals surface area (Å²) in [6.45, 7) is 1.76. The molecule has 1 rings (SSSR count). The molecule has 0 unspecified atom stereocenters. The highest BCUT2D eigenvalue weighted by Gasteiger charge is 2.14. The molecule has 0 radical (unpaired) electrons. The van der Waals surface area contributed by atoms with Crippen molar-refractivity contribution < 1.29 is 10.9 Å². The smallest absolute Gasteiger partial charge is 0.349 e. The first-order valence-electron chi connectivity index (χ1n) is 5.60. The summed E-state index contributed by atoms with van der Waals surface area (Å²) in [5.41, 5.74) is 1.01. The molecule has 0 amide bonds. The van der Waals surface area contributed by atoms with Gasteiger partial charge in [0, 0.05) is 1.37 Å². The molecule has 0 aliphatic heterocycles. The summed E-state index contributed by atoms with van der Waals surface area (Å²) in [6.07, 6.45) is 0. The Bertz CT molecular complexity index is 460. The number of carbonyl (C=O) groups is 1. The number of allylic oxidation sites excluding steroid dienone is 1. The van der Waals surface area contributed by atoms with E-state index in [9.17, 15) is 4.79 Å². The molecule has 0 aliphatic rings. The van der Waals surface area contributed by atoms with Crippen molar-refractivity contribution in [2.45, 2.75) is 13.8 Å². The molecule has 82 valence electrons. The normalized spacial score (nSPS) is 12.1. The minimum atomic E-state index is -0.666. The second-order valence-corrected chi connectivity index (χ2v) is 3.05. The maximum Gasteiger partial charge on any atom is 0.349 e. The lowest BCUT2D eigenvalue weighted by atomic mass is 10.0. The Balaban J connectivity index is 3.21. The molecule has 3 heteroatoms. The van der Waals surface area contributed by atoms with Crippen LogP contribution in [-0.2, 0) is 9.53 Å². The van der Waals surface area contributed by atoms with Crippen molar-refractivity contribution in [1.29, 1.82) is 5.26 Å². The van der Waals surface area contributed by atoms with Crippen molar-refractivity contribution in [3.8, 4) is 6.07 Å². The van der Waals surface area contributed by atoms with Gasteiger partial charge in [0.25, 0.3) is 0 Å². The van der Waals surface area contributed by atoms with Gasteiger partial charge in [0.2, 0.25) is 0 Å². The molecule has 1 aromatic carbocycles. The van der Waals surface area contributed by atoms with Gasteiger partial charge in [0.15, 0.2) is 0 Å². The van der Waals surface area contributed by atoms with E-state index in [1.165, 1.54) is 0 Å². The molecule has 0 bridgehead atoms. The first kappa shape index (κ1) is 10.4. The molecule has 0 saturated carbocycles. The number of nitrogens with zero attached hydrogens (tertiary/aromatic N) is 1. The summed E-state index contributed by atoms with van der Waals surface area (Å²) in [5, 5.41) is 8.99. The highest BCUT2D eigenvalue weighted by molar-refractivity contribution is 6.01. The Hall–Kier alpha value is -2.08. The summed E-state index contributed by atoms with van der Waals surface area (Å²) >= 11 is 0. The maximum atomic E-state index is 11.6. The molecule has 0 aliphatic carbocycles. The van der Waals surface area contributed by atoms with Crippen LogP contribution in [0.4, 0.5) is 0 Å². The largest absolute Gasteiger partial charge is 0.462 e. The first-order valence-corrected chi connectivity index (χ1v) is 4.89. The van der Waals surface area contributed by atoms with Gasteiger partial charge in [0.05, 0.1) is 6.61 Å². The van der Waals surface area contributed by atoms with Crippen molar-refractivity contribution in [3.05, 3.63) is 41.5 Å². The SMILES string of the molecule is [2H]C/C(=C(/C#N)C(=O)OCC)c1ccccc1. The Labute approximate surface area is 96.4 Å². The first-order chi connectivity index (χ1) is 8.24. The number of ether oxygens (including phenoxy) is 1. The Morgan fingerprint density at radius 1 is 1.50 bits per heavy atom. The van der Waals surface area contributed by atoms with Gasteiger partial charge in [-0.1, -0.05) is 30.3 Å². The van der Waals surface area contributed by atoms with E-state index < -0.39 is 5.97 Å². The van der Waals surface area contributed by atoms with Crippen LogP contribution in [0.5, 0.6) is 0 Å². The van der Waals surface area contributed by atoms with Gasteiger partial charge in [-0.15, -0.1) is 0 Å². The Morgan fingerprint density at radius 3 is 2.69 bits per heavy atom. The van der Waals surface area contributed by atoms with Gasteiger partial charge < -0.3 is 4.74 Å². The summed E-state index contributed by atoms with van der Waals surface area (Å²) in [7, 11) is 0. The zero-order chi connectivity index (χ0) is 12.7. The number of nitriles is 1. The number of hydrogen-bond donors (Lipinski definition) is 0. The maximum absolute atomic E-state index is 11.6. The van der Waals surface area contributed by atoms with Crippen LogP contribution in [0.25, 0.3) is 5.57 Å². The lowest BCUT2D eigenvalue weighted by Crippen LogP contribution is -2.07. The topological polar surface area (TPSA) is 50.1 Å². The second kappa shape index (κ2) is 5.72. The Kier molecular flexibility index (Phi) is 3.73. The van der Waals surface area contributed by atoms with Gasteiger partial charge >= 0.3 is 5.97 Å². The molecular formula is C13H13NO2. The third kappa shape index (κ3) is 2.71. The van der Waals surface area contributed by atoms with E-state index >= 15 is 0 Å². The lowest BCUT2D eigenvalue weighted by molar-refractivity contribution is -0.137. The molecule has 1 aromatic rings. The monoisotopic (exact) mass is 216 g/mol. The average molecular weight is 216 g/mol. The average Bonchev–Trinajstić information content (AvgIpc) is 2.37. The van der Waals surface area contributed by atoms with Gasteiger partial charge in [-0.25, -0.2) is 4.79 Å². The predicted octanol–water partition coefficient (Wildman–Crippen LogP) is 2.55. The molecule has 0 atom stereocenters. The number of benzene rings is 1. The van der Waals surface area contributed by atoms with Crippen molar-refractivity contribution >= 4 is 11.5 Å². The minimum Gasteiger partial charge on any atom is -0.462 e. The molecule has 0 spiro atoms. The van der Waals surface area contributed by atoms with Crippen LogP contribution >= 0.6 is 0 Å². The van der Waals surface area contributed by atoms with Crippen LogP contribution in [0.1, 0.15) is 20.8 Å². The van der Waals surface area contributed by atoms with Gasteiger partial charge in [0.1, 0.15) is 11.6 Å². The van der Waals surface area contributed by atoms with E-state index in [4.69, 9.17) is 11.4 Å². The molecule has 0 aromatic heterocycles. The van der Waals surface area contributed by atoms with Gasteiger partial charge in [-0.05, 0) is 25.0 Å². The van der Waals surface area contributed by atoms with Gasteiger partial charge in [-0.2, -0.15) is 5.26 Å². The molecule has 0 N–H and O–H groups in total. The fourth-order valence-electron chi connectivity index (χ4n) is 1.22. The van der Waals surface area contributed by atoms with E-state index in [2.05, 4.69) is 0 Å². The van der Waals surface area contributed by atoms with Crippen LogP contribution in [-0.4, -0.2) is 12.6 Å². The van der Waals surface area contributed by atoms with Crippen LogP contribution in [0.3, 0.4) is 0 Å². The predicted molar refractivity (Wildman–Crippen MR) is 61.3 cm³/mol. The van der Waals surface area contributed by atoms with Crippen LogP contribution < -0.4 is 0 Å². The second-order valence-electron chi connectivity index (χ2n) is 3.05. The van der Waals surface area contributed by atoms with Crippen molar-refractivity contribution in [2.75, 3.05) is 6.61 Å². The molecule has 0 fully saturated rings. The van der Waals surface area contributed by atoms with E-state index in [0.717, 1.165) is 0 Å². The summed E-state index contributed by atoms with van der Waals surface area (Å²) in [5.74, 6) is -0.666. The lowest BCUT2D eigenvalue weighted by Gasteiger charge is -2.05. The molecule has 16 heavy (non-hydrogen) atoms. The zero-order valence-electron chi connectivity index (χ0n) is 10.1. The number of esters is 1. The standard InChI is InChI=1S/C13H13NO2/c1-3-16-13(15)12(9-14)10(2)11-7-5-4-6-8-11/h4-8H,3H2,1-2H3/b12-10+/i2D. The fourth-order valence-corrected chi connectivity index (χ4v) is 1.22. The quantitative estimate of drug-likeness (QED) is 0.443. The van der Waals surface area contributed by atoms with Crippen LogP contribution in [0.15, 0.2) is 35.9 Å². The minimum absolute atomic E-state index is 0.0898. The molecule has 0 heterocycles. The summed E-state index contributed by atoms with van der Waals surface area (Å²) < 4.78 is 12.2. The van der Waals surface area contributed by atoms with E-state index in [-0.39, 0.29) is 19.1 Å². The number of hydrogen-bond acceptors (Lipinski definition) is 3. The van der Waals surface area contributed by atoms with E-state index in [1.807, 2.05) is 12.1 Å². The van der Waals surface area contributed by atoms with Crippen molar-refractivity contribution in [3.63, 3.8) is 0 Å². The Morgan fingerprint density at radius 2 is 2.19 bits per heavy atom. The van der Waals surface area contributed by atoms with Crippen molar-refractivity contribution in [1.82, 2.24) is 0 Å².